The molecular formula is C13H25NO2. The summed E-state index contributed by atoms with van der Waals surface area (Å²) in [6.45, 7) is 6.25. The maximum absolute atomic E-state index is 10.7. The van der Waals surface area contributed by atoms with Crippen LogP contribution in [-0.2, 0) is 4.79 Å². The van der Waals surface area contributed by atoms with Gasteiger partial charge in [0.25, 0.3) is 0 Å². The highest BCUT2D eigenvalue weighted by atomic mass is 16.4. The lowest BCUT2D eigenvalue weighted by Crippen LogP contribution is -2.40. The number of carbonyl (C=O) groups is 1. The highest BCUT2D eigenvalue weighted by Crippen LogP contribution is 2.30. The Morgan fingerprint density at radius 2 is 2.06 bits per heavy atom. The molecule has 0 spiro atoms. The lowest BCUT2D eigenvalue weighted by molar-refractivity contribution is -0.139. The SMILES string of the molecule is CC(C)CCC1CCC(N[C@H](C)C(=O)O)C1. The Hall–Kier alpha value is -0.570. The molecule has 94 valence electrons. The van der Waals surface area contributed by atoms with E-state index in [2.05, 4.69) is 19.2 Å². The Bertz CT molecular complexity index is 228. The van der Waals surface area contributed by atoms with Crippen LogP contribution < -0.4 is 5.32 Å². The highest BCUT2D eigenvalue weighted by Gasteiger charge is 2.26. The third-order valence-corrected chi connectivity index (χ3v) is 3.55. The van der Waals surface area contributed by atoms with Gasteiger partial charge in [0.15, 0.2) is 0 Å². The molecule has 1 fully saturated rings. The molecule has 0 saturated heterocycles. The van der Waals surface area contributed by atoms with E-state index in [1.54, 1.807) is 6.92 Å². The van der Waals surface area contributed by atoms with E-state index < -0.39 is 12.0 Å². The van der Waals surface area contributed by atoms with Crippen molar-refractivity contribution in [1.82, 2.24) is 5.32 Å². The Morgan fingerprint density at radius 3 is 2.62 bits per heavy atom. The van der Waals surface area contributed by atoms with Crippen LogP contribution in [0.3, 0.4) is 0 Å². The smallest absolute Gasteiger partial charge is 0.320 e. The minimum Gasteiger partial charge on any atom is -0.480 e. The lowest BCUT2D eigenvalue weighted by atomic mass is 9.96. The van der Waals surface area contributed by atoms with Gasteiger partial charge in [-0.3, -0.25) is 4.79 Å². The van der Waals surface area contributed by atoms with E-state index in [4.69, 9.17) is 5.11 Å². The van der Waals surface area contributed by atoms with Crippen molar-refractivity contribution in [2.24, 2.45) is 11.8 Å². The van der Waals surface area contributed by atoms with Crippen molar-refractivity contribution in [2.75, 3.05) is 0 Å². The molecule has 0 aromatic heterocycles. The average molecular weight is 227 g/mol. The Kier molecular flexibility index (Phi) is 5.26. The molecule has 0 radical (unpaired) electrons. The minimum absolute atomic E-state index is 0.408. The van der Waals surface area contributed by atoms with Gasteiger partial charge in [-0.25, -0.2) is 0 Å². The van der Waals surface area contributed by atoms with Crippen molar-refractivity contribution in [3.8, 4) is 0 Å². The Balaban J connectivity index is 2.22. The fourth-order valence-corrected chi connectivity index (χ4v) is 2.48. The van der Waals surface area contributed by atoms with Crippen molar-refractivity contribution in [3.05, 3.63) is 0 Å². The van der Waals surface area contributed by atoms with Crippen LogP contribution in [0.25, 0.3) is 0 Å². The van der Waals surface area contributed by atoms with Crippen LogP contribution in [0.2, 0.25) is 0 Å². The molecule has 1 rings (SSSR count). The third kappa shape index (κ3) is 4.52. The molecule has 1 aliphatic rings. The quantitative estimate of drug-likeness (QED) is 0.733. The Labute approximate surface area is 98.6 Å². The van der Waals surface area contributed by atoms with Crippen LogP contribution in [-0.4, -0.2) is 23.2 Å². The molecule has 16 heavy (non-hydrogen) atoms. The standard InChI is InChI=1S/C13H25NO2/c1-9(2)4-5-11-6-7-12(8-11)14-10(3)13(15)16/h9-12,14H,4-8H2,1-3H3,(H,15,16)/t10-,11?,12?/m1/s1. The van der Waals surface area contributed by atoms with Crippen molar-refractivity contribution < 1.29 is 9.90 Å². The first kappa shape index (κ1) is 13.5. The van der Waals surface area contributed by atoms with Crippen LogP contribution >= 0.6 is 0 Å². The summed E-state index contributed by atoms with van der Waals surface area (Å²) in [6, 6.07) is 0.0112. The molecule has 1 saturated carbocycles. The molecule has 2 unspecified atom stereocenters. The van der Waals surface area contributed by atoms with E-state index in [9.17, 15) is 4.79 Å². The van der Waals surface area contributed by atoms with Crippen molar-refractivity contribution in [2.45, 2.75) is 65.0 Å². The van der Waals surface area contributed by atoms with Gasteiger partial charge in [0.2, 0.25) is 0 Å². The van der Waals surface area contributed by atoms with Crippen molar-refractivity contribution in [3.63, 3.8) is 0 Å². The number of carboxylic acids is 1. The van der Waals surface area contributed by atoms with E-state index in [1.165, 1.54) is 19.3 Å². The first-order chi connectivity index (χ1) is 7.49. The van der Waals surface area contributed by atoms with Gasteiger partial charge < -0.3 is 10.4 Å². The van der Waals surface area contributed by atoms with E-state index in [1.807, 2.05) is 0 Å². The van der Waals surface area contributed by atoms with E-state index >= 15 is 0 Å². The van der Waals surface area contributed by atoms with Crippen molar-refractivity contribution >= 4 is 5.97 Å². The fourth-order valence-electron chi connectivity index (χ4n) is 2.48. The van der Waals surface area contributed by atoms with Crippen LogP contribution in [0.5, 0.6) is 0 Å². The number of carboxylic acid groups (broad SMARTS) is 1. The summed E-state index contributed by atoms with van der Waals surface area (Å²) in [4.78, 5) is 10.7. The topological polar surface area (TPSA) is 49.3 Å². The normalized spacial score (nSPS) is 27.2. The number of aliphatic carboxylic acids is 1. The van der Waals surface area contributed by atoms with Gasteiger partial charge in [-0.1, -0.05) is 26.7 Å². The van der Waals surface area contributed by atoms with Crippen LogP contribution in [0.1, 0.15) is 52.9 Å². The summed E-state index contributed by atoms with van der Waals surface area (Å²) in [5.41, 5.74) is 0. The van der Waals surface area contributed by atoms with Gasteiger partial charge in [0, 0.05) is 6.04 Å². The largest absolute Gasteiger partial charge is 0.480 e. The van der Waals surface area contributed by atoms with E-state index in [-0.39, 0.29) is 0 Å². The van der Waals surface area contributed by atoms with E-state index in [0.717, 1.165) is 24.7 Å². The molecule has 0 aliphatic heterocycles. The van der Waals surface area contributed by atoms with Gasteiger partial charge in [-0.05, 0) is 38.0 Å². The predicted molar refractivity (Wildman–Crippen MR) is 65.4 cm³/mol. The number of hydrogen-bond donors (Lipinski definition) is 2. The van der Waals surface area contributed by atoms with Gasteiger partial charge in [-0.2, -0.15) is 0 Å². The molecule has 3 nitrogen and oxygen atoms in total. The number of rotatable bonds is 6. The summed E-state index contributed by atoms with van der Waals surface area (Å²) in [5, 5.41) is 12.0. The van der Waals surface area contributed by atoms with Crippen LogP contribution in [0.15, 0.2) is 0 Å². The molecule has 0 aromatic carbocycles. The zero-order valence-electron chi connectivity index (χ0n) is 10.7. The molecule has 1 aliphatic carbocycles. The number of hydrogen-bond acceptors (Lipinski definition) is 2. The fraction of sp³-hybridized carbons (Fsp3) is 0.923. The van der Waals surface area contributed by atoms with Gasteiger partial charge in [-0.15, -0.1) is 0 Å². The monoisotopic (exact) mass is 227 g/mol. The molecule has 0 aromatic rings. The first-order valence-electron chi connectivity index (χ1n) is 6.48. The molecule has 2 N–H and O–H groups in total. The predicted octanol–water partition coefficient (Wildman–Crippen LogP) is 2.65. The number of nitrogens with one attached hydrogen (secondary N) is 1. The second-order valence-electron chi connectivity index (χ2n) is 5.57. The average Bonchev–Trinajstić information content (AvgIpc) is 2.62. The van der Waals surface area contributed by atoms with Gasteiger partial charge in [0.1, 0.15) is 6.04 Å². The second kappa shape index (κ2) is 6.24. The maximum Gasteiger partial charge on any atom is 0.320 e. The molecular weight excluding hydrogens is 202 g/mol. The molecule has 3 atom stereocenters. The first-order valence-corrected chi connectivity index (χ1v) is 6.48. The van der Waals surface area contributed by atoms with Gasteiger partial charge in [0.05, 0.1) is 0 Å². The minimum atomic E-state index is -0.745. The van der Waals surface area contributed by atoms with Crippen LogP contribution in [0.4, 0.5) is 0 Å². The molecule has 3 heteroatoms. The van der Waals surface area contributed by atoms with Crippen LogP contribution in [0, 0.1) is 11.8 Å². The zero-order valence-corrected chi connectivity index (χ0v) is 10.7. The van der Waals surface area contributed by atoms with E-state index in [0.29, 0.717) is 6.04 Å². The highest BCUT2D eigenvalue weighted by molar-refractivity contribution is 5.72. The summed E-state index contributed by atoms with van der Waals surface area (Å²) in [5.74, 6) is 0.844. The molecule has 0 heterocycles. The summed E-state index contributed by atoms with van der Waals surface area (Å²) < 4.78 is 0. The lowest BCUT2D eigenvalue weighted by Gasteiger charge is -2.16. The van der Waals surface area contributed by atoms with Gasteiger partial charge >= 0.3 is 5.97 Å². The maximum atomic E-state index is 10.7. The third-order valence-electron chi connectivity index (χ3n) is 3.55. The summed E-state index contributed by atoms with van der Waals surface area (Å²) in [7, 11) is 0. The second-order valence-corrected chi connectivity index (χ2v) is 5.57. The summed E-state index contributed by atoms with van der Waals surface area (Å²) in [6.07, 6.45) is 6.16. The molecule has 0 bridgehead atoms. The molecule has 0 amide bonds. The van der Waals surface area contributed by atoms with Crippen molar-refractivity contribution in [1.29, 1.82) is 0 Å². The Morgan fingerprint density at radius 1 is 1.38 bits per heavy atom. The zero-order chi connectivity index (χ0) is 12.1. The summed E-state index contributed by atoms with van der Waals surface area (Å²) >= 11 is 0.